The van der Waals surface area contributed by atoms with Gasteiger partial charge in [0.15, 0.2) is 0 Å². The summed E-state index contributed by atoms with van der Waals surface area (Å²) >= 11 is 12.0. The van der Waals surface area contributed by atoms with Crippen molar-refractivity contribution in [3.63, 3.8) is 0 Å². The largest absolute Gasteiger partial charge is 0.395 e. The lowest BCUT2D eigenvalue weighted by molar-refractivity contribution is 0.179. The van der Waals surface area contributed by atoms with Gasteiger partial charge in [-0.05, 0) is 43.1 Å². The Morgan fingerprint density at radius 3 is 2.58 bits per heavy atom. The number of benzene rings is 1. The number of aliphatic hydroxyl groups is 1. The monoisotopic (exact) mass is 302 g/mol. The predicted molar refractivity (Wildman–Crippen MR) is 79.8 cm³/mol. The van der Waals surface area contributed by atoms with Crippen molar-refractivity contribution in [1.82, 2.24) is 10.2 Å². The Balaban J connectivity index is 1.98. The number of aliphatic hydroxyl groups excluding tert-OH is 1. The van der Waals surface area contributed by atoms with Crippen molar-refractivity contribution in [2.75, 3.05) is 26.2 Å². The summed E-state index contributed by atoms with van der Waals surface area (Å²) < 4.78 is 0. The number of rotatable bonds is 6. The van der Waals surface area contributed by atoms with Crippen molar-refractivity contribution >= 4 is 23.2 Å². The second-order valence-electron chi connectivity index (χ2n) is 5.03. The maximum Gasteiger partial charge on any atom is 0.0558 e. The molecule has 1 atom stereocenters. The van der Waals surface area contributed by atoms with Gasteiger partial charge in [-0.1, -0.05) is 23.2 Å². The summed E-state index contributed by atoms with van der Waals surface area (Å²) in [4.78, 5) is 2.24. The van der Waals surface area contributed by atoms with E-state index in [2.05, 4.69) is 10.2 Å². The molecule has 19 heavy (non-hydrogen) atoms. The lowest BCUT2D eigenvalue weighted by Gasteiger charge is -2.25. The molecule has 0 saturated carbocycles. The van der Waals surface area contributed by atoms with E-state index in [4.69, 9.17) is 23.2 Å². The summed E-state index contributed by atoms with van der Waals surface area (Å²) in [7, 11) is 0. The van der Waals surface area contributed by atoms with Crippen molar-refractivity contribution in [3.05, 3.63) is 33.8 Å². The predicted octanol–water partition coefficient (Wildman–Crippen LogP) is 2.54. The van der Waals surface area contributed by atoms with E-state index in [0.717, 1.165) is 25.2 Å². The molecular weight excluding hydrogens is 283 g/mol. The lowest BCUT2D eigenvalue weighted by Crippen LogP contribution is -2.38. The highest BCUT2D eigenvalue weighted by Gasteiger charge is 2.18. The van der Waals surface area contributed by atoms with Gasteiger partial charge in [0.25, 0.3) is 0 Å². The molecule has 0 amide bonds. The highest BCUT2D eigenvalue weighted by atomic mass is 35.5. The van der Waals surface area contributed by atoms with E-state index in [1.165, 1.54) is 12.8 Å². The Bertz CT molecular complexity index is 388. The first-order valence-corrected chi connectivity index (χ1v) is 7.44. The van der Waals surface area contributed by atoms with Crippen LogP contribution in [-0.4, -0.2) is 42.3 Å². The Morgan fingerprint density at radius 1 is 1.26 bits per heavy atom. The fourth-order valence-electron chi connectivity index (χ4n) is 2.56. The molecule has 5 heteroatoms. The van der Waals surface area contributed by atoms with Crippen LogP contribution in [0.1, 0.15) is 18.4 Å². The van der Waals surface area contributed by atoms with Gasteiger partial charge in [-0.15, -0.1) is 0 Å². The van der Waals surface area contributed by atoms with Crippen molar-refractivity contribution in [1.29, 1.82) is 0 Å². The van der Waals surface area contributed by atoms with Crippen LogP contribution in [0.15, 0.2) is 18.2 Å². The second kappa shape index (κ2) is 7.46. The summed E-state index contributed by atoms with van der Waals surface area (Å²) in [5, 5.41) is 14.0. The number of hydrogen-bond acceptors (Lipinski definition) is 3. The number of hydrogen-bond donors (Lipinski definition) is 2. The van der Waals surface area contributed by atoms with Crippen molar-refractivity contribution < 1.29 is 5.11 Å². The SMILES string of the molecule is OCCN(Cc1cc(Cl)cc(Cl)c1)CC1CCCN1. The third kappa shape index (κ3) is 4.93. The van der Waals surface area contributed by atoms with Gasteiger partial charge in [0.05, 0.1) is 6.61 Å². The van der Waals surface area contributed by atoms with Crippen LogP contribution in [-0.2, 0) is 6.54 Å². The van der Waals surface area contributed by atoms with Crippen LogP contribution in [0.2, 0.25) is 10.0 Å². The fourth-order valence-corrected chi connectivity index (χ4v) is 3.13. The van der Waals surface area contributed by atoms with E-state index in [9.17, 15) is 5.11 Å². The standard InChI is InChI=1S/C14H20Cl2N2O/c15-12-6-11(7-13(16)8-12)9-18(4-5-19)10-14-2-1-3-17-14/h6-8,14,17,19H,1-5,9-10H2. The van der Waals surface area contributed by atoms with Crippen LogP contribution in [0.5, 0.6) is 0 Å². The highest BCUT2D eigenvalue weighted by molar-refractivity contribution is 6.34. The van der Waals surface area contributed by atoms with Gasteiger partial charge in [-0.2, -0.15) is 0 Å². The van der Waals surface area contributed by atoms with Gasteiger partial charge < -0.3 is 10.4 Å². The molecule has 0 aromatic heterocycles. The molecule has 0 bridgehead atoms. The summed E-state index contributed by atoms with van der Waals surface area (Å²) in [5.74, 6) is 0. The minimum atomic E-state index is 0.168. The van der Waals surface area contributed by atoms with E-state index in [1.807, 2.05) is 12.1 Å². The van der Waals surface area contributed by atoms with Gasteiger partial charge in [-0.25, -0.2) is 0 Å². The minimum Gasteiger partial charge on any atom is -0.395 e. The molecule has 1 saturated heterocycles. The maximum absolute atomic E-state index is 9.18. The number of nitrogens with one attached hydrogen (secondary N) is 1. The van der Waals surface area contributed by atoms with Crippen molar-refractivity contribution in [2.24, 2.45) is 0 Å². The van der Waals surface area contributed by atoms with E-state index in [1.54, 1.807) is 6.07 Å². The summed E-state index contributed by atoms with van der Waals surface area (Å²) in [5.41, 5.74) is 1.09. The Labute approximate surface area is 124 Å². The smallest absolute Gasteiger partial charge is 0.0558 e. The number of nitrogens with zero attached hydrogens (tertiary/aromatic N) is 1. The molecule has 0 spiro atoms. The van der Waals surface area contributed by atoms with Crippen molar-refractivity contribution in [2.45, 2.75) is 25.4 Å². The summed E-state index contributed by atoms with van der Waals surface area (Å²) in [6.07, 6.45) is 2.44. The first-order valence-electron chi connectivity index (χ1n) is 6.69. The highest BCUT2D eigenvalue weighted by Crippen LogP contribution is 2.20. The lowest BCUT2D eigenvalue weighted by atomic mass is 10.1. The molecule has 1 aliphatic rings. The van der Waals surface area contributed by atoms with Gasteiger partial charge in [0.1, 0.15) is 0 Å². The zero-order valence-electron chi connectivity index (χ0n) is 10.9. The summed E-state index contributed by atoms with van der Waals surface area (Å²) in [6.45, 7) is 3.65. The van der Waals surface area contributed by atoms with Gasteiger partial charge in [-0.3, -0.25) is 4.90 Å². The topological polar surface area (TPSA) is 35.5 Å². The molecule has 0 radical (unpaired) electrons. The molecule has 1 heterocycles. The minimum absolute atomic E-state index is 0.168. The molecule has 2 N–H and O–H groups in total. The molecule has 1 aromatic carbocycles. The van der Waals surface area contributed by atoms with Crippen LogP contribution in [0.25, 0.3) is 0 Å². The molecule has 1 aromatic rings. The Kier molecular flexibility index (Phi) is 5.92. The van der Waals surface area contributed by atoms with Crippen molar-refractivity contribution in [3.8, 4) is 0 Å². The molecule has 1 aliphatic heterocycles. The third-order valence-corrected chi connectivity index (χ3v) is 3.82. The zero-order valence-corrected chi connectivity index (χ0v) is 12.4. The third-order valence-electron chi connectivity index (χ3n) is 3.39. The average Bonchev–Trinajstić information content (AvgIpc) is 2.80. The van der Waals surface area contributed by atoms with E-state index in [0.29, 0.717) is 22.6 Å². The molecule has 3 nitrogen and oxygen atoms in total. The van der Waals surface area contributed by atoms with Crippen LogP contribution in [0, 0.1) is 0 Å². The van der Waals surface area contributed by atoms with E-state index in [-0.39, 0.29) is 6.61 Å². The molecular formula is C14H20Cl2N2O. The first-order chi connectivity index (χ1) is 9.17. The van der Waals surface area contributed by atoms with Gasteiger partial charge in [0.2, 0.25) is 0 Å². The maximum atomic E-state index is 9.18. The molecule has 1 fully saturated rings. The first kappa shape index (κ1) is 15.1. The zero-order chi connectivity index (χ0) is 13.7. The number of halogens is 2. The summed E-state index contributed by atoms with van der Waals surface area (Å²) in [6, 6.07) is 6.13. The van der Waals surface area contributed by atoms with E-state index >= 15 is 0 Å². The second-order valence-corrected chi connectivity index (χ2v) is 5.90. The van der Waals surface area contributed by atoms with Gasteiger partial charge in [0, 0.05) is 35.7 Å². The molecule has 1 unspecified atom stereocenters. The van der Waals surface area contributed by atoms with Crippen LogP contribution in [0.3, 0.4) is 0 Å². The van der Waals surface area contributed by atoms with Crippen LogP contribution < -0.4 is 5.32 Å². The molecule has 0 aliphatic carbocycles. The Hall–Kier alpha value is -0.320. The average molecular weight is 303 g/mol. The normalized spacial score (nSPS) is 19.3. The molecule has 106 valence electrons. The molecule has 2 rings (SSSR count). The van der Waals surface area contributed by atoms with E-state index < -0.39 is 0 Å². The fraction of sp³-hybridized carbons (Fsp3) is 0.571. The van der Waals surface area contributed by atoms with Crippen LogP contribution >= 0.6 is 23.2 Å². The Morgan fingerprint density at radius 2 is 2.00 bits per heavy atom. The van der Waals surface area contributed by atoms with Crippen LogP contribution in [0.4, 0.5) is 0 Å². The van der Waals surface area contributed by atoms with Gasteiger partial charge >= 0.3 is 0 Å². The quantitative estimate of drug-likeness (QED) is 0.848.